The maximum absolute atomic E-state index is 13.2. The van der Waals surface area contributed by atoms with Gasteiger partial charge in [-0.15, -0.1) is 0 Å². The number of carbonyl (C=O) groups is 3. The molecule has 0 aliphatic carbocycles. The van der Waals surface area contributed by atoms with Crippen molar-refractivity contribution in [1.82, 2.24) is 5.32 Å². The van der Waals surface area contributed by atoms with Gasteiger partial charge in [-0.3, -0.25) is 9.59 Å². The van der Waals surface area contributed by atoms with Crippen molar-refractivity contribution in [2.75, 3.05) is 18.1 Å². The zero-order valence-corrected chi connectivity index (χ0v) is 16.3. The lowest BCUT2D eigenvalue weighted by Gasteiger charge is -2.29. The topological polar surface area (TPSA) is 84.9 Å². The van der Waals surface area contributed by atoms with Crippen LogP contribution in [-0.2, 0) is 19.1 Å². The smallest absolute Gasteiger partial charge is 0.407 e. The third kappa shape index (κ3) is 2.99. The average Bonchev–Trinajstić information content (AvgIpc) is 3.30. The second-order valence-corrected chi connectivity index (χ2v) is 8.17. The summed E-state index contributed by atoms with van der Waals surface area (Å²) >= 11 is 5.91. The molecule has 1 aromatic carbocycles. The largest absolute Gasteiger partial charge is 0.449 e. The molecule has 1 aromatic rings. The van der Waals surface area contributed by atoms with Gasteiger partial charge in [-0.25, -0.2) is 9.69 Å². The van der Waals surface area contributed by atoms with Crippen LogP contribution in [0.4, 0.5) is 10.5 Å². The van der Waals surface area contributed by atoms with Gasteiger partial charge in [0.1, 0.15) is 5.60 Å². The van der Waals surface area contributed by atoms with Crippen molar-refractivity contribution < 1.29 is 23.9 Å². The van der Waals surface area contributed by atoms with E-state index in [0.29, 0.717) is 17.3 Å². The van der Waals surface area contributed by atoms with Gasteiger partial charge < -0.3 is 14.8 Å². The highest BCUT2D eigenvalue weighted by Crippen LogP contribution is 2.52. The highest BCUT2D eigenvalue weighted by molar-refractivity contribution is 6.31. The number of rotatable bonds is 5. The molecule has 2 saturated heterocycles. The molecule has 0 spiro atoms. The lowest BCUT2D eigenvalue weighted by molar-refractivity contribution is -0.126. The van der Waals surface area contributed by atoms with E-state index in [0.717, 1.165) is 0 Å². The zero-order chi connectivity index (χ0) is 20.1. The summed E-state index contributed by atoms with van der Waals surface area (Å²) in [6, 6.07) is 6.56. The molecule has 3 heterocycles. The molecule has 0 saturated carbocycles. The van der Waals surface area contributed by atoms with Gasteiger partial charge >= 0.3 is 6.09 Å². The number of hydrogen-bond acceptors (Lipinski definition) is 5. The fourth-order valence-corrected chi connectivity index (χ4v) is 4.18. The molecule has 28 heavy (non-hydrogen) atoms. The van der Waals surface area contributed by atoms with Gasteiger partial charge in [-0.05, 0) is 30.2 Å². The Balaban J connectivity index is 1.53. The average molecular weight is 405 g/mol. The van der Waals surface area contributed by atoms with Gasteiger partial charge in [-0.1, -0.05) is 37.6 Å². The number of ether oxygens (including phenoxy) is 2. The molecule has 3 amide bonds. The molecule has 148 valence electrons. The number of halogens is 1. The van der Waals surface area contributed by atoms with E-state index in [2.05, 4.69) is 5.32 Å². The maximum Gasteiger partial charge on any atom is 0.407 e. The van der Waals surface area contributed by atoms with Gasteiger partial charge in [0.25, 0.3) is 0 Å². The standard InChI is InChI=1S/C20H21ClN2O5/c1-11(2)9-27-19(26)22-10-20-8-7-14(28-20)15-16(20)18(25)23(17(15)24)13-5-3-12(21)4-6-13/h3-8,11,14-16H,9-10H2,1-2H3,(H,22,26)/t14-,15+,16-,20-/m1/s1. The summed E-state index contributed by atoms with van der Waals surface area (Å²) in [6.07, 6.45) is 2.52. The van der Waals surface area contributed by atoms with Crippen molar-refractivity contribution >= 4 is 35.2 Å². The molecule has 0 aromatic heterocycles. The third-order valence-electron chi connectivity index (χ3n) is 5.30. The predicted molar refractivity (Wildman–Crippen MR) is 102 cm³/mol. The number of nitrogens with zero attached hydrogens (tertiary/aromatic N) is 1. The molecular weight excluding hydrogens is 384 g/mol. The highest BCUT2D eigenvalue weighted by Gasteiger charge is 2.67. The monoisotopic (exact) mass is 404 g/mol. The summed E-state index contributed by atoms with van der Waals surface area (Å²) in [5.41, 5.74) is -0.562. The minimum atomic E-state index is -1.04. The van der Waals surface area contributed by atoms with Crippen molar-refractivity contribution in [2.45, 2.75) is 25.6 Å². The fourth-order valence-electron chi connectivity index (χ4n) is 4.05. The van der Waals surface area contributed by atoms with Gasteiger partial charge in [-0.2, -0.15) is 0 Å². The Bertz CT molecular complexity index is 853. The number of hydrogen-bond donors (Lipinski definition) is 1. The van der Waals surface area contributed by atoms with E-state index < -0.39 is 29.6 Å². The first-order valence-corrected chi connectivity index (χ1v) is 9.61. The summed E-state index contributed by atoms with van der Waals surface area (Å²) in [5, 5.41) is 3.19. The molecular formula is C20H21ClN2O5. The maximum atomic E-state index is 13.2. The first kappa shape index (κ1) is 19.0. The van der Waals surface area contributed by atoms with Crippen molar-refractivity contribution in [1.29, 1.82) is 0 Å². The number of alkyl carbamates (subject to hydrolysis) is 1. The molecule has 4 rings (SSSR count). The molecule has 0 unspecified atom stereocenters. The van der Waals surface area contributed by atoms with Gasteiger partial charge in [0, 0.05) is 5.02 Å². The molecule has 0 radical (unpaired) electrons. The second-order valence-electron chi connectivity index (χ2n) is 7.73. The van der Waals surface area contributed by atoms with Crippen LogP contribution in [0.1, 0.15) is 13.8 Å². The van der Waals surface area contributed by atoms with Crippen LogP contribution < -0.4 is 10.2 Å². The Kier molecular flexibility index (Phi) is 4.67. The quantitative estimate of drug-likeness (QED) is 0.602. The van der Waals surface area contributed by atoms with Crippen LogP contribution in [0.15, 0.2) is 36.4 Å². The Morgan fingerprint density at radius 1 is 1.29 bits per heavy atom. The number of imide groups is 1. The Morgan fingerprint density at radius 3 is 2.68 bits per heavy atom. The lowest BCUT2D eigenvalue weighted by atomic mass is 9.77. The van der Waals surface area contributed by atoms with Gasteiger partial charge in [0.15, 0.2) is 0 Å². The number of carbonyl (C=O) groups excluding carboxylic acids is 3. The Morgan fingerprint density at radius 2 is 2.00 bits per heavy atom. The van der Waals surface area contributed by atoms with Crippen molar-refractivity contribution in [3.05, 3.63) is 41.4 Å². The summed E-state index contributed by atoms with van der Waals surface area (Å²) in [6.45, 7) is 4.24. The number of nitrogens with one attached hydrogen (secondary N) is 1. The van der Waals surface area contributed by atoms with Crippen LogP contribution in [0.2, 0.25) is 5.02 Å². The Hall–Kier alpha value is -2.38. The lowest BCUT2D eigenvalue weighted by Crippen LogP contribution is -2.49. The normalized spacial score (nSPS) is 30.3. The van der Waals surface area contributed by atoms with Crippen molar-refractivity contribution in [3.63, 3.8) is 0 Å². The van der Waals surface area contributed by atoms with Gasteiger partial charge in [0.05, 0.1) is 36.8 Å². The molecule has 4 atom stereocenters. The summed E-state index contributed by atoms with van der Waals surface area (Å²) in [5.74, 6) is -1.69. The van der Waals surface area contributed by atoms with Crippen LogP contribution >= 0.6 is 11.6 Å². The predicted octanol–water partition coefficient (Wildman–Crippen LogP) is 2.54. The van der Waals surface area contributed by atoms with Crippen LogP contribution in [0.5, 0.6) is 0 Å². The van der Waals surface area contributed by atoms with E-state index in [1.807, 2.05) is 13.8 Å². The highest BCUT2D eigenvalue weighted by atomic mass is 35.5. The van der Waals surface area contributed by atoms with Crippen LogP contribution in [0, 0.1) is 17.8 Å². The van der Waals surface area contributed by atoms with Crippen LogP contribution in [0.3, 0.4) is 0 Å². The minimum Gasteiger partial charge on any atom is -0.449 e. The molecule has 3 aliphatic heterocycles. The zero-order valence-electron chi connectivity index (χ0n) is 15.6. The number of benzene rings is 1. The van der Waals surface area contributed by atoms with E-state index in [9.17, 15) is 14.4 Å². The van der Waals surface area contributed by atoms with E-state index in [1.54, 1.807) is 36.4 Å². The summed E-state index contributed by atoms with van der Waals surface area (Å²) in [7, 11) is 0. The summed E-state index contributed by atoms with van der Waals surface area (Å²) < 4.78 is 11.1. The first-order valence-electron chi connectivity index (χ1n) is 9.23. The molecule has 1 N–H and O–H groups in total. The third-order valence-corrected chi connectivity index (χ3v) is 5.55. The summed E-state index contributed by atoms with van der Waals surface area (Å²) in [4.78, 5) is 39.3. The van der Waals surface area contributed by atoms with Crippen molar-refractivity contribution in [3.8, 4) is 0 Å². The van der Waals surface area contributed by atoms with Gasteiger partial charge in [0.2, 0.25) is 11.8 Å². The van der Waals surface area contributed by atoms with E-state index in [-0.39, 0.29) is 24.3 Å². The fraction of sp³-hybridized carbons (Fsp3) is 0.450. The van der Waals surface area contributed by atoms with Crippen LogP contribution in [-0.4, -0.2) is 42.8 Å². The number of anilines is 1. The first-order chi connectivity index (χ1) is 13.3. The number of fused-ring (bicyclic) bond motifs is 5. The van der Waals surface area contributed by atoms with Crippen molar-refractivity contribution in [2.24, 2.45) is 17.8 Å². The second kappa shape index (κ2) is 6.90. The SMILES string of the molecule is CC(C)COC(=O)NC[C@@]12C=C[C@@H](O1)[C@@H]1C(=O)N(c3ccc(Cl)cc3)C(=O)[C@@H]12. The Labute approximate surface area is 167 Å². The molecule has 7 nitrogen and oxygen atoms in total. The molecule has 3 aliphatic rings. The van der Waals surface area contributed by atoms with E-state index >= 15 is 0 Å². The van der Waals surface area contributed by atoms with E-state index in [1.165, 1.54) is 4.90 Å². The molecule has 2 bridgehead atoms. The van der Waals surface area contributed by atoms with Crippen LogP contribution in [0.25, 0.3) is 0 Å². The van der Waals surface area contributed by atoms with E-state index in [4.69, 9.17) is 21.1 Å². The molecule has 2 fully saturated rings. The minimum absolute atomic E-state index is 0.0611. The molecule has 8 heteroatoms. The number of amides is 3.